The van der Waals surface area contributed by atoms with E-state index in [-0.39, 0.29) is 72.1 Å². The van der Waals surface area contributed by atoms with Crippen LogP contribution >= 0.6 is 0 Å². The topological polar surface area (TPSA) is 182 Å². The van der Waals surface area contributed by atoms with Crippen LogP contribution in [0.25, 0.3) is 0 Å². The van der Waals surface area contributed by atoms with Crippen molar-refractivity contribution in [2.24, 2.45) is 5.92 Å². The number of aliphatic hydroxyl groups is 1. The van der Waals surface area contributed by atoms with Crippen molar-refractivity contribution in [3.8, 4) is 17.2 Å². The van der Waals surface area contributed by atoms with Crippen LogP contribution in [0.1, 0.15) is 61.8 Å². The lowest BCUT2D eigenvalue weighted by Crippen LogP contribution is -2.48. The average Bonchev–Trinajstić information content (AvgIpc) is 3.70. The van der Waals surface area contributed by atoms with Crippen molar-refractivity contribution in [1.29, 1.82) is 0 Å². The number of amides is 3. The van der Waals surface area contributed by atoms with E-state index in [1.165, 1.54) is 35.8 Å². The molecule has 1 aromatic heterocycles. The van der Waals surface area contributed by atoms with E-state index in [4.69, 9.17) is 23.5 Å². The summed E-state index contributed by atoms with van der Waals surface area (Å²) in [5.74, 6) is 0.826. The fourth-order valence-electron chi connectivity index (χ4n) is 6.06. The zero-order valence-electron chi connectivity index (χ0n) is 29.8. The van der Waals surface area contributed by atoms with Gasteiger partial charge in [-0.15, -0.1) is 0 Å². The van der Waals surface area contributed by atoms with Gasteiger partial charge in [0.15, 0.2) is 22.2 Å². The molecule has 2 aromatic carbocycles. The maximum absolute atomic E-state index is 14.4. The molecule has 15 nitrogen and oxygen atoms in total. The average molecular weight is 730 g/mol. The molecule has 0 saturated carbocycles. The van der Waals surface area contributed by atoms with Crippen molar-refractivity contribution in [1.82, 2.24) is 15.0 Å². The van der Waals surface area contributed by atoms with Crippen molar-refractivity contribution in [2.75, 3.05) is 50.2 Å². The molecule has 5 rings (SSSR count). The van der Waals surface area contributed by atoms with Crippen LogP contribution in [0.4, 0.5) is 16.2 Å². The Labute approximate surface area is 298 Å². The number of anilines is 2. The van der Waals surface area contributed by atoms with Crippen molar-refractivity contribution in [2.45, 2.75) is 77.0 Å². The normalized spacial score (nSPS) is 20.5. The molecule has 0 saturated heterocycles. The van der Waals surface area contributed by atoms with E-state index in [0.29, 0.717) is 36.0 Å². The molecule has 3 aromatic rings. The first-order valence-corrected chi connectivity index (χ1v) is 18.5. The van der Waals surface area contributed by atoms with Gasteiger partial charge in [-0.05, 0) is 77.3 Å². The summed E-state index contributed by atoms with van der Waals surface area (Å²) in [7, 11) is -2.43. The van der Waals surface area contributed by atoms with Gasteiger partial charge in [-0.2, -0.15) is 0 Å². The highest BCUT2D eigenvalue weighted by molar-refractivity contribution is 7.92. The zero-order chi connectivity index (χ0) is 36.9. The van der Waals surface area contributed by atoms with Crippen molar-refractivity contribution >= 4 is 33.3 Å². The Morgan fingerprint density at radius 3 is 2.53 bits per heavy atom. The predicted molar refractivity (Wildman–Crippen MR) is 188 cm³/mol. The third kappa shape index (κ3) is 9.04. The lowest BCUT2D eigenvalue weighted by Gasteiger charge is -2.35. The molecule has 16 heteroatoms. The highest BCUT2D eigenvalue weighted by atomic mass is 32.2. The van der Waals surface area contributed by atoms with Crippen LogP contribution in [-0.4, -0.2) is 98.8 Å². The molecule has 3 N–H and O–H groups in total. The second kappa shape index (κ2) is 16.2. The number of ether oxygens (including phenoxy) is 4. The molecule has 0 bridgehead atoms. The van der Waals surface area contributed by atoms with Gasteiger partial charge in [-0.25, -0.2) is 13.2 Å². The number of benzene rings is 2. The molecule has 2 aliphatic rings. The Hall–Kier alpha value is -4.54. The number of hydrogen-bond donors (Lipinski definition) is 3. The van der Waals surface area contributed by atoms with Gasteiger partial charge >= 0.3 is 6.03 Å². The van der Waals surface area contributed by atoms with Crippen LogP contribution in [0, 0.1) is 19.8 Å². The molecule has 0 spiro atoms. The van der Waals surface area contributed by atoms with E-state index < -0.39 is 28.1 Å². The smallest absolute Gasteiger partial charge is 0.321 e. The Kier molecular flexibility index (Phi) is 12.0. The maximum atomic E-state index is 14.4. The van der Waals surface area contributed by atoms with E-state index in [2.05, 4.69) is 15.2 Å². The van der Waals surface area contributed by atoms with E-state index in [9.17, 15) is 23.1 Å². The maximum Gasteiger partial charge on any atom is 0.321 e. The largest absolute Gasteiger partial charge is 0.490 e. The summed E-state index contributed by atoms with van der Waals surface area (Å²) < 4.78 is 57.7. The molecule has 0 unspecified atom stereocenters. The van der Waals surface area contributed by atoms with Crippen molar-refractivity contribution < 1.29 is 46.6 Å². The van der Waals surface area contributed by atoms with Crippen LogP contribution in [-0.2, 0) is 14.8 Å². The van der Waals surface area contributed by atoms with Gasteiger partial charge in [-0.1, -0.05) is 12.1 Å². The predicted octanol–water partition coefficient (Wildman–Crippen LogP) is 4.78. The molecule has 3 heterocycles. The lowest BCUT2D eigenvalue weighted by atomic mass is 10.0. The molecule has 2 aliphatic heterocycles. The molecular formula is C35H47N5O10S. The first-order chi connectivity index (χ1) is 24.3. The molecule has 0 aliphatic carbocycles. The van der Waals surface area contributed by atoms with Gasteiger partial charge in [0, 0.05) is 50.1 Å². The minimum absolute atomic E-state index is 0.0799. The van der Waals surface area contributed by atoms with Crippen LogP contribution in [0.2, 0.25) is 0 Å². The Morgan fingerprint density at radius 2 is 1.80 bits per heavy atom. The monoisotopic (exact) mass is 729 g/mol. The summed E-state index contributed by atoms with van der Waals surface area (Å²) >= 11 is 0. The van der Waals surface area contributed by atoms with Crippen LogP contribution in [0.15, 0.2) is 45.8 Å². The number of hydrogen-bond acceptors (Lipinski definition) is 11. The van der Waals surface area contributed by atoms with Gasteiger partial charge in [0.2, 0.25) is 6.79 Å². The van der Waals surface area contributed by atoms with Crippen molar-refractivity contribution in [3.05, 3.63) is 53.4 Å². The Balaban J connectivity index is 1.40. The zero-order valence-corrected chi connectivity index (χ0v) is 30.6. The molecule has 0 fully saturated rings. The fraction of sp³-hybridized carbons (Fsp3) is 0.514. The summed E-state index contributed by atoms with van der Waals surface area (Å²) in [6, 6.07) is 8.74. The molecule has 278 valence electrons. The number of nitrogens with one attached hydrogen (secondary N) is 2. The van der Waals surface area contributed by atoms with Crippen LogP contribution in [0.3, 0.4) is 0 Å². The van der Waals surface area contributed by atoms with Gasteiger partial charge in [0.1, 0.15) is 11.4 Å². The summed E-state index contributed by atoms with van der Waals surface area (Å²) in [5.41, 5.74) is 1.02. The molecular weight excluding hydrogens is 682 g/mol. The number of urea groups is 1. The number of aromatic nitrogens is 1. The fourth-order valence-corrected chi connectivity index (χ4v) is 7.44. The summed E-state index contributed by atoms with van der Waals surface area (Å²) in [6.07, 6.45) is 1.47. The number of aliphatic hydroxyl groups excluding tert-OH is 1. The number of rotatable bonds is 8. The number of nitrogens with zero attached hydrogens (tertiary/aromatic N) is 3. The third-order valence-electron chi connectivity index (χ3n) is 8.96. The molecule has 3 amide bonds. The Bertz CT molecular complexity index is 1800. The highest BCUT2D eigenvalue weighted by Gasteiger charge is 2.32. The van der Waals surface area contributed by atoms with E-state index in [1.807, 2.05) is 13.8 Å². The van der Waals surface area contributed by atoms with Gasteiger partial charge in [0.05, 0.1) is 30.4 Å². The van der Waals surface area contributed by atoms with E-state index >= 15 is 0 Å². The number of sulfonamides is 1. The summed E-state index contributed by atoms with van der Waals surface area (Å²) in [6.45, 7) is 9.21. The number of carbonyl (C=O) groups excluding carboxylic acids is 2. The SMILES string of the molecule is Cc1noc(C)c1S(=O)(=O)Nc1ccc2c(c1)C(=O)N([C@H](C)CO)C[C@H](C)[C@H](CN(C)C(=O)Nc1ccc3c(c1)OCO3)OCCCC[C@H](C)O2. The molecule has 4 atom stereocenters. The minimum atomic E-state index is -4.10. The number of fused-ring (bicyclic) bond motifs is 2. The standard InChI is InChI=1S/C35H47N5O10S/c1-21-17-40(22(2)19-41)34(42)28-15-27(38-51(44,45)33-24(4)37-50-25(33)5)11-12-29(28)49-23(3)9-7-8-14-46-32(21)18-39(6)35(43)36-26-10-13-30-31(16-26)48-20-47-30/h10-13,15-16,21-23,32,38,41H,7-9,14,17-20H2,1-6H3,(H,36,43)/t21-,22+,23-,32-/m0/s1. The van der Waals surface area contributed by atoms with Gasteiger partial charge < -0.3 is 43.7 Å². The molecule has 0 radical (unpaired) electrons. The van der Waals surface area contributed by atoms with Gasteiger partial charge in [0.25, 0.3) is 15.9 Å². The van der Waals surface area contributed by atoms with Crippen LogP contribution in [0.5, 0.6) is 17.2 Å². The molecule has 51 heavy (non-hydrogen) atoms. The second-order valence-electron chi connectivity index (χ2n) is 13.1. The number of aryl methyl sites for hydroxylation is 2. The lowest BCUT2D eigenvalue weighted by molar-refractivity contribution is -0.0115. The Morgan fingerprint density at radius 1 is 1.08 bits per heavy atom. The van der Waals surface area contributed by atoms with Gasteiger partial charge in [-0.3, -0.25) is 9.52 Å². The van der Waals surface area contributed by atoms with E-state index in [0.717, 1.165) is 12.8 Å². The van der Waals surface area contributed by atoms with E-state index in [1.54, 1.807) is 38.2 Å². The first-order valence-electron chi connectivity index (χ1n) is 17.0. The van der Waals surface area contributed by atoms with Crippen LogP contribution < -0.4 is 24.2 Å². The third-order valence-corrected chi connectivity index (χ3v) is 10.6. The summed E-state index contributed by atoms with van der Waals surface area (Å²) in [5, 5.41) is 16.9. The first kappa shape index (κ1) is 37.7. The highest BCUT2D eigenvalue weighted by Crippen LogP contribution is 2.34. The summed E-state index contributed by atoms with van der Waals surface area (Å²) in [4.78, 5) is 30.7. The number of likely N-dealkylation sites (N-methyl/N-ethyl adjacent to an activating group) is 1. The minimum Gasteiger partial charge on any atom is -0.490 e. The van der Waals surface area contributed by atoms with Crippen molar-refractivity contribution in [3.63, 3.8) is 0 Å². The number of carbonyl (C=O) groups is 2. The quantitative estimate of drug-likeness (QED) is 0.290. The second-order valence-corrected chi connectivity index (χ2v) is 14.8.